The number of rotatable bonds is 5. The summed E-state index contributed by atoms with van der Waals surface area (Å²) in [6, 6.07) is 19.3. The first kappa shape index (κ1) is 22.5. The molecular formula is C26H22FN5O2S. The van der Waals surface area contributed by atoms with Crippen LogP contribution in [-0.2, 0) is 7.05 Å². The minimum atomic E-state index is -0.343. The second kappa shape index (κ2) is 9.19. The molecule has 176 valence electrons. The Hall–Kier alpha value is -4.24. The van der Waals surface area contributed by atoms with Gasteiger partial charge in [-0.25, -0.2) is 18.7 Å². The fourth-order valence-corrected chi connectivity index (χ4v) is 4.58. The van der Waals surface area contributed by atoms with Gasteiger partial charge in [0, 0.05) is 18.0 Å². The van der Waals surface area contributed by atoms with E-state index < -0.39 is 0 Å². The molecule has 0 aliphatic rings. The number of benzene rings is 2. The van der Waals surface area contributed by atoms with Gasteiger partial charge in [-0.15, -0.1) is 11.3 Å². The number of halogens is 1. The molecule has 0 atom stereocenters. The molecule has 0 aliphatic heterocycles. The number of hydrogen-bond acceptors (Lipinski definition) is 5. The molecule has 0 spiro atoms. The number of nitrogens with zero attached hydrogens (tertiary/aromatic N) is 5. The Labute approximate surface area is 204 Å². The molecule has 7 nitrogen and oxygen atoms in total. The Bertz CT molecular complexity index is 1650. The second-order valence-corrected chi connectivity index (χ2v) is 8.75. The van der Waals surface area contributed by atoms with Crippen molar-refractivity contribution in [3.8, 4) is 17.1 Å². The van der Waals surface area contributed by atoms with Crippen LogP contribution in [-0.4, -0.2) is 19.8 Å². The van der Waals surface area contributed by atoms with E-state index in [1.165, 1.54) is 23.5 Å². The number of aromatic nitrogens is 3. The number of thiazole rings is 1. The van der Waals surface area contributed by atoms with Crippen LogP contribution >= 0.6 is 11.3 Å². The molecule has 0 aliphatic carbocycles. The summed E-state index contributed by atoms with van der Waals surface area (Å²) in [4.78, 5) is 18.6. The molecule has 35 heavy (non-hydrogen) atoms. The third kappa shape index (κ3) is 4.22. The van der Waals surface area contributed by atoms with E-state index in [2.05, 4.69) is 0 Å². The lowest BCUT2D eigenvalue weighted by Crippen LogP contribution is -2.20. The lowest BCUT2D eigenvalue weighted by atomic mass is 10.1. The van der Waals surface area contributed by atoms with E-state index in [1.54, 1.807) is 45.4 Å². The van der Waals surface area contributed by atoms with Crippen molar-refractivity contribution in [3.63, 3.8) is 0 Å². The zero-order valence-electron chi connectivity index (χ0n) is 19.3. The van der Waals surface area contributed by atoms with Crippen LogP contribution in [0.1, 0.15) is 18.2 Å². The van der Waals surface area contributed by atoms with E-state index in [9.17, 15) is 9.18 Å². The fraction of sp³-hybridized carbons (Fsp3) is 0.115. The van der Waals surface area contributed by atoms with Gasteiger partial charge in [0.15, 0.2) is 11.4 Å². The van der Waals surface area contributed by atoms with Gasteiger partial charge in [0.05, 0.1) is 23.4 Å². The average molecular weight is 488 g/mol. The maximum atomic E-state index is 13.8. The van der Waals surface area contributed by atoms with Crippen LogP contribution in [0.2, 0.25) is 0 Å². The largest absolute Gasteiger partial charge is 0.463 e. The van der Waals surface area contributed by atoms with E-state index in [4.69, 9.17) is 14.5 Å². The lowest BCUT2D eigenvalue weighted by molar-refractivity contribution is 0.575. The minimum absolute atomic E-state index is 0.235. The molecule has 0 saturated carbocycles. The van der Waals surface area contributed by atoms with Crippen molar-refractivity contribution in [3.05, 3.63) is 111 Å². The van der Waals surface area contributed by atoms with Crippen LogP contribution in [0.25, 0.3) is 17.1 Å². The third-order valence-corrected chi connectivity index (χ3v) is 6.50. The van der Waals surface area contributed by atoms with Crippen molar-refractivity contribution >= 4 is 22.7 Å². The summed E-state index contributed by atoms with van der Waals surface area (Å²) in [6.45, 7) is 3.65. The van der Waals surface area contributed by atoms with Crippen molar-refractivity contribution in [1.29, 1.82) is 0 Å². The van der Waals surface area contributed by atoms with Gasteiger partial charge in [0.25, 0.3) is 5.56 Å². The molecule has 5 rings (SSSR count). The Morgan fingerprint density at radius 3 is 2.57 bits per heavy atom. The van der Waals surface area contributed by atoms with Gasteiger partial charge in [-0.1, -0.05) is 30.3 Å². The Balaban J connectivity index is 1.72. The molecule has 0 bridgehead atoms. The van der Waals surface area contributed by atoms with Crippen LogP contribution < -0.4 is 10.4 Å². The lowest BCUT2D eigenvalue weighted by Gasteiger charge is -2.07. The average Bonchev–Trinajstić information content (AvgIpc) is 3.57. The van der Waals surface area contributed by atoms with E-state index in [0.717, 1.165) is 5.69 Å². The fourth-order valence-electron chi connectivity index (χ4n) is 3.77. The molecule has 0 unspecified atom stereocenters. The highest BCUT2D eigenvalue weighted by molar-refractivity contribution is 7.07. The van der Waals surface area contributed by atoms with Gasteiger partial charge in [-0.2, -0.15) is 5.10 Å². The molecule has 3 heterocycles. The first-order valence-corrected chi connectivity index (χ1v) is 11.8. The van der Waals surface area contributed by atoms with Crippen molar-refractivity contribution in [2.75, 3.05) is 0 Å². The molecule has 0 saturated heterocycles. The van der Waals surface area contributed by atoms with Gasteiger partial charge in [0.1, 0.15) is 11.5 Å². The van der Waals surface area contributed by atoms with Gasteiger partial charge in [-0.3, -0.25) is 9.48 Å². The SMILES string of the molecule is CC(=Nn1c(-c2ccco2)csc1=Nc1c(C)n(C)n(-c2ccccc2)c1=O)c1cccc(F)c1. The van der Waals surface area contributed by atoms with Gasteiger partial charge < -0.3 is 4.42 Å². The highest BCUT2D eigenvalue weighted by Gasteiger charge is 2.17. The van der Waals surface area contributed by atoms with Crippen LogP contribution in [0.4, 0.5) is 10.1 Å². The molecule has 9 heteroatoms. The minimum Gasteiger partial charge on any atom is -0.463 e. The number of hydrogen-bond donors (Lipinski definition) is 0. The van der Waals surface area contributed by atoms with E-state index in [-0.39, 0.29) is 11.4 Å². The first-order chi connectivity index (χ1) is 16.9. The molecular weight excluding hydrogens is 465 g/mol. The molecule has 5 aromatic rings. The maximum absolute atomic E-state index is 13.8. The summed E-state index contributed by atoms with van der Waals surface area (Å²) in [6.07, 6.45) is 1.58. The van der Waals surface area contributed by atoms with E-state index >= 15 is 0 Å². The molecule has 0 amide bonds. The van der Waals surface area contributed by atoms with E-state index in [0.29, 0.717) is 38.9 Å². The summed E-state index contributed by atoms with van der Waals surface area (Å²) in [7, 11) is 1.83. The summed E-state index contributed by atoms with van der Waals surface area (Å²) >= 11 is 1.34. The molecule has 0 N–H and O–H groups in total. The highest BCUT2D eigenvalue weighted by atomic mass is 32.1. The Kier molecular flexibility index (Phi) is 5.92. The summed E-state index contributed by atoms with van der Waals surface area (Å²) in [5, 5.41) is 6.61. The highest BCUT2D eigenvalue weighted by Crippen LogP contribution is 2.22. The molecule has 2 aromatic carbocycles. The van der Waals surface area contributed by atoms with E-state index in [1.807, 2.05) is 55.7 Å². The number of furan rings is 1. The number of para-hydroxylation sites is 1. The molecule has 0 fully saturated rings. The topological polar surface area (TPSA) is 69.7 Å². The van der Waals surface area contributed by atoms with Gasteiger partial charge in [0.2, 0.25) is 4.80 Å². The predicted molar refractivity (Wildman–Crippen MR) is 135 cm³/mol. The van der Waals surface area contributed by atoms with Crippen molar-refractivity contribution in [2.45, 2.75) is 13.8 Å². The van der Waals surface area contributed by atoms with Crippen LogP contribution in [0.15, 0.2) is 97.7 Å². The van der Waals surface area contributed by atoms with Crippen molar-refractivity contribution in [2.24, 2.45) is 17.1 Å². The summed E-state index contributed by atoms with van der Waals surface area (Å²) < 4.78 is 24.4. The molecule has 3 aromatic heterocycles. The Morgan fingerprint density at radius 2 is 1.86 bits per heavy atom. The maximum Gasteiger partial charge on any atom is 0.297 e. The van der Waals surface area contributed by atoms with Gasteiger partial charge in [-0.05, 0) is 50.2 Å². The second-order valence-electron chi connectivity index (χ2n) is 7.91. The van der Waals surface area contributed by atoms with Crippen molar-refractivity contribution < 1.29 is 8.81 Å². The third-order valence-electron chi connectivity index (χ3n) is 5.68. The first-order valence-electron chi connectivity index (χ1n) is 10.9. The zero-order valence-corrected chi connectivity index (χ0v) is 20.2. The van der Waals surface area contributed by atoms with Crippen molar-refractivity contribution in [1.82, 2.24) is 14.0 Å². The quantitative estimate of drug-likeness (QED) is 0.318. The zero-order chi connectivity index (χ0) is 24.5. The van der Waals surface area contributed by atoms with Crippen LogP contribution in [0, 0.1) is 12.7 Å². The smallest absolute Gasteiger partial charge is 0.297 e. The van der Waals surface area contributed by atoms with Crippen LogP contribution in [0.5, 0.6) is 0 Å². The molecule has 0 radical (unpaired) electrons. The predicted octanol–water partition coefficient (Wildman–Crippen LogP) is 5.25. The van der Waals surface area contributed by atoms with Gasteiger partial charge >= 0.3 is 0 Å². The Morgan fingerprint density at radius 1 is 1.06 bits per heavy atom. The summed E-state index contributed by atoms with van der Waals surface area (Å²) in [5.74, 6) is 0.259. The van der Waals surface area contributed by atoms with Crippen LogP contribution in [0.3, 0.4) is 0 Å². The standard InChI is InChI=1S/C26H22FN5O2S/c1-17(19-9-7-10-20(27)15-19)29-31-22(23-13-8-14-34-23)16-35-26(31)28-24-18(2)30(3)32(25(24)33)21-11-5-4-6-12-21/h4-16H,1-3H3. The monoisotopic (exact) mass is 487 g/mol. The summed E-state index contributed by atoms with van der Waals surface area (Å²) in [5.41, 5.74) is 3.44. The normalized spacial score (nSPS) is 12.5.